The number of ether oxygens (including phenoxy) is 4. The molecule has 0 spiro atoms. The third-order valence-electron chi connectivity index (χ3n) is 7.34. The summed E-state index contributed by atoms with van der Waals surface area (Å²) in [4.78, 5) is 23.0. The van der Waals surface area contributed by atoms with Crippen LogP contribution in [0.2, 0.25) is 0 Å². The van der Waals surface area contributed by atoms with Gasteiger partial charge in [0.2, 0.25) is 0 Å². The normalized spacial score (nSPS) is 24.9. The number of hydrogen-bond acceptors (Lipinski definition) is 7. The molecule has 5 atom stereocenters. The van der Waals surface area contributed by atoms with Gasteiger partial charge in [0, 0.05) is 26.4 Å². The molecule has 0 aromatic carbocycles. The summed E-state index contributed by atoms with van der Waals surface area (Å²) < 4.78 is 22.6. The smallest absolute Gasteiger partial charge is 0.305 e. The zero-order valence-electron chi connectivity index (χ0n) is 22.5. The first-order valence-corrected chi connectivity index (χ1v) is 14.1. The quantitative estimate of drug-likeness (QED) is 0.128. The molecule has 1 heterocycles. The van der Waals surface area contributed by atoms with Gasteiger partial charge in [-0.2, -0.15) is 5.26 Å². The van der Waals surface area contributed by atoms with Crippen LogP contribution in [0.25, 0.3) is 0 Å². The van der Waals surface area contributed by atoms with Gasteiger partial charge in [-0.15, -0.1) is 0 Å². The van der Waals surface area contributed by atoms with Gasteiger partial charge < -0.3 is 18.9 Å². The molecule has 2 fully saturated rings. The lowest BCUT2D eigenvalue weighted by atomic mass is 9.88. The monoisotopic (exact) mass is 505 g/mol. The fourth-order valence-electron chi connectivity index (χ4n) is 5.39. The maximum atomic E-state index is 11.7. The van der Waals surface area contributed by atoms with Crippen LogP contribution in [0, 0.1) is 23.2 Å². The van der Waals surface area contributed by atoms with Gasteiger partial charge in [-0.05, 0) is 82.1 Å². The number of nitriles is 1. The predicted octanol–water partition coefficient (Wildman–Crippen LogP) is 6.40. The van der Waals surface area contributed by atoms with Crippen molar-refractivity contribution in [2.45, 2.75) is 128 Å². The van der Waals surface area contributed by atoms with Crippen LogP contribution >= 0.6 is 0 Å². The van der Waals surface area contributed by atoms with Gasteiger partial charge in [0.1, 0.15) is 6.10 Å². The summed E-state index contributed by atoms with van der Waals surface area (Å²) >= 11 is 0. The zero-order chi connectivity index (χ0) is 26.0. The Bertz CT molecular complexity index is 696. The maximum Gasteiger partial charge on any atom is 0.305 e. The Labute approximate surface area is 217 Å². The molecule has 0 aromatic heterocycles. The SMILES string of the molecule is COC(=O)CCCCCCC1C(C=CC(CCCCCC#N)OC(C)=O)CCC1OC1CCCCO1. The lowest BCUT2D eigenvalue weighted by molar-refractivity contribution is -0.195. The van der Waals surface area contributed by atoms with Gasteiger partial charge in [0.25, 0.3) is 0 Å². The summed E-state index contributed by atoms with van der Waals surface area (Å²) in [5.74, 6) is 0.419. The minimum absolute atomic E-state index is 0.0868. The van der Waals surface area contributed by atoms with Crippen LogP contribution in [0.3, 0.4) is 0 Å². The highest BCUT2D eigenvalue weighted by molar-refractivity contribution is 5.69. The first-order valence-electron chi connectivity index (χ1n) is 14.1. The topological polar surface area (TPSA) is 94.9 Å². The molecule has 0 aromatic rings. The van der Waals surface area contributed by atoms with Crippen LogP contribution in [0.5, 0.6) is 0 Å². The molecule has 5 unspecified atom stereocenters. The summed E-state index contributed by atoms with van der Waals surface area (Å²) in [7, 11) is 1.44. The summed E-state index contributed by atoms with van der Waals surface area (Å²) in [6, 6.07) is 2.18. The molecular formula is C29H47NO6. The number of hydrogen-bond donors (Lipinski definition) is 0. The number of unbranched alkanes of at least 4 members (excludes halogenated alkanes) is 6. The van der Waals surface area contributed by atoms with E-state index in [0.29, 0.717) is 24.7 Å². The number of nitrogens with zero attached hydrogens (tertiary/aromatic N) is 1. The molecule has 2 aliphatic rings. The van der Waals surface area contributed by atoms with Crippen LogP contribution in [0.15, 0.2) is 12.2 Å². The molecule has 36 heavy (non-hydrogen) atoms. The summed E-state index contributed by atoms with van der Waals surface area (Å²) in [5.41, 5.74) is 0. The molecule has 7 nitrogen and oxygen atoms in total. The predicted molar refractivity (Wildman–Crippen MR) is 138 cm³/mol. The van der Waals surface area contributed by atoms with E-state index >= 15 is 0 Å². The first-order chi connectivity index (χ1) is 17.5. The highest BCUT2D eigenvalue weighted by Gasteiger charge is 2.37. The van der Waals surface area contributed by atoms with E-state index in [4.69, 9.17) is 24.2 Å². The van der Waals surface area contributed by atoms with E-state index in [1.165, 1.54) is 14.0 Å². The van der Waals surface area contributed by atoms with Crippen LogP contribution in [-0.4, -0.2) is 44.2 Å². The maximum absolute atomic E-state index is 11.7. The Kier molecular flexibility index (Phi) is 15.5. The number of carbonyl (C=O) groups excluding carboxylic acids is 2. The molecule has 1 saturated heterocycles. The van der Waals surface area contributed by atoms with Gasteiger partial charge in [-0.25, -0.2) is 0 Å². The fraction of sp³-hybridized carbons (Fsp3) is 0.828. The van der Waals surface area contributed by atoms with Crippen LogP contribution in [0.4, 0.5) is 0 Å². The largest absolute Gasteiger partial charge is 0.469 e. The van der Waals surface area contributed by atoms with Crippen molar-refractivity contribution in [3.63, 3.8) is 0 Å². The number of methoxy groups -OCH3 is 1. The van der Waals surface area contributed by atoms with Crippen molar-refractivity contribution in [3.05, 3.63) is 12.2 Å². The molecular weight excluding hydrogens is 458 g/mol. The molecule has 7 heteroatoms. The van der Waals surface area contributed by atoms with E-state index in [9.17, 15) is 9.59 Å². The molecule has 0 radical (unpaired) electrons. The minimum atomic E-state index is -0.257. The molecule has 0 amide bonds. The molecule has 0 N–H and O–H groups in total. The lowest BCUT2D eigenvalue weighted by Gasteiger charge is -2.30. The molecule has 1 aliphatic heterocycles. The van der Waals surface area contributed by atoms with Crippen LogP contribution in [0.1, 0.15) is 110 Å². The number of carbonyl (C=O) groups is 2. The number of rotatable bonds is 17. The van der Waals surface area contributed by atoms with Crippen LogP contribution in [-0.2, 0) is 28.5 Å². The van der Waals surface area contributed by atoms with Gasteiger partial charge in [0.15, 0.2) is 6.29 Å². The van der Waals surface area contributed by atoms with Crippen molar-refractivity contribution >= 4 is 11.9 Å². The van der Waals surface area contributed by atoms with Crippen molar-refractivity contribution in [2.24, 2.45) is 11.8 Å². The molecule has 204 valence electrons. The van der Waals surface area contributed by atoms with Gasteiger partial charge in [0.05, 0.1) is 19.3 Å². The highest BCUT2D eigenvalue weighted by Crippen LogP contribution is 2.40. The second-order valence-corrected chi connectivity index (χ2v) is 10.2. The molecule has 2 rings (SSSR count). The molecule has 1 aliphatic carbocycles. The van der Waals surface area contributed by atoms with E-state index in [1.54, 1.807) is 0 Å². The minimum Gasteiger partial charge on any atom is -0.469 e. The summed E-state index contributed by atoms with van der Waals surface area (Å²) in [6.07, 6.45) is 19.4. The average molecular weight is 506 g/mol. The average Bonchev–Trinajstić information content (AvgIpc) is 3.25. The first kappa shape index (κ1) is 30.3. The van der Waals surface area contributed by atoms with Crippen molar-refractivity contribution in [1.82, 2.24) is 0 Å². The Morgan fingerprint density at radius 1 is 1.06 bits per heavy atom. The van der Waals surface area contributed by atoms with Crippen LogP contribution < -0.4 is 0 Å². The van der Waals surface area contributed by atoms with Gasteiger partial charge in [-0.1, -0.05) is 31.8 Å². The van der Waals surface area contributed by atoms with E-state index in [0.717, 1.165) is 96.5 Å². The highest BCUT2D eigenvalue weighted by atomic mass is 16.7. The number of allylic oxidation sites excluding steroid dienone is 1. The third kappa shape index (κ3) is 12.4. The second-order valence-electron chi connectivity index (χ2n) is 10.2. The zero-order valence-corrected chi connectivity index (χ0v) is 22.5. The lowest BCUT2D eigenvalue weighted by Crippen LogP contribution is -2.31. The van der Waals surface area contributed by atoms with E-state index < -0.39 is 0 Å². The standard InChI is InChI=1S/C29H47NO6/c1-23(31)35-25(13-7-5-6-11-21-30)19-17-24-18-20-27(36-29-16-10-12-22-34-29)26(24)14-8-3-4-9-15-28(32)33-2/h17,19,24-27,29H,3-16,18,20,22H2,1-2H3. The van der Waals surface area contributed by atoms with Crippen molar-refractivity contribution in [2.75, 3.05) is 13.7 Å². The summed E-state index contributed by atoms with van der Waals surface area (Å²) in [5, 5.41) is 8.72. The Morgan fingerprint density at radius 3 is 2.58 bits per heavy atom. The fourth-order valence-corrected chi connectivity index (χ4v) is 5.39. The second kappa shape index (κ2) is 18.4. The Hall–Kier alpha value is -1.91. The van der Waals surface area contributed by atoms with E-state index in [-0.39, 0.29) is 30.4 Å². The van der Waals surface area contributed by atoms with E-state index in [2.05, 4.69) is 18.2 Å². The van der Waals surface area contributed by atoms with Gasteiger partial charge >= 0.3 is 11.9 Å². The van der Waals surface area contributed by atoms with Crippen molar-refractivity contribution in [3.8, 4) is 6.07 Å². The Morgan fingerprint density at radius 2 is 1.86 bits per heavy atom. The Balaban J connectivity index is 1.92. The number of esters is 2. The third-order valence-corrected chi connectivity index (χ3v) is 7.34. The molecule has 1 saturated carbocycles. The van der Waals surface area contributed by atoms with E-state index in [1.807, 2.05) is 0 Å². The van der Waals surface area contributed by atoms with Crippen molar-refractivity contribution in [1.29, 1.82) is 5.26 Å². The summed E-state index contributed by atoms with van der Waals surface area (Å²) in [6.45, 7) is 2.24. The molecule has 0 bridgehead atoms. The van der Waals surface area contributed by atoms with Crippen molar-refractivity contribution < 1.29 is 28.5 Å². The van der Waals surface area contributed by atoms with Gasteiger partial charge in [-0.3, -0.25) is 9.59 Å².